The lowest BCUT2D eigenvalue weighted by Crippen LogP contribution is -2.09. The molecule has 0 aliphatic carbocycles. The Labute approximate surface area is 86.1 Å². The maximum absolute atomic E-state index is 5.73. The van der Waals surface area contributed by atoms with Crippen LogP contribution in [0.5, 0.6) is 0 Å². The van der Waals surface area contributed by atoms with E-state index in [1.165, 1.54) is 11.3 Å². The minimum Gasteiger partial charge on any atom is -0.378 e. The minimum atomic E-state index is 0. The van der Waals surface area contributed by atoms with Crippen LogP contribution < -0.4 is 10.6 Å². The molecule has 0 fully saturated rings. The Morgan fingerprint density at radius 1 is 1.15 bits per heavy atom. The van der Waals surface area contributed by atoms with Crippen LogP contribution in [-0.4, -0.2) is 14.1 Å². The quantitative estimate of drug-likeness (QED) is 0.793. The van der Waals surface area contributed by atoms with Gasteiger partial charge in [-0.3, -0.25) is 0 Å². The van der Waals surface area contributed by atoms with Gasteiger partial charge in [0.15, 0.2) is 0 Å². The summed E-state index contributed by atoms with van der Waals surface area (Å²) >= 11 is 0. The minimum absolute atomic E-state index is 0. The number of nitrogens with zero attached hydrogens (tertiary/aromatic N) is 1. The summed E-state index contributed by atoms with van der Waals surface area (Å²) in [5.74, 6) is 0. The van der Waals surface area contributed by atoms with E-state index in [2.05, 4.69) is 29.2 Å². The molecule has 0 spiro atoms. The second-order valence-electron chi connectivity index (χ2n) is 3.27. The summed E-state index contributed by atoms with van der Waals surface area (Å²) in [4.78, 5) is 2.07. The first kappa shape index (κ1) is 12.3. The van der Waals surface area contributed by atoms with E-state index in [4.69, 9.17) is 5.73 Å². The first-order valence-electron chi connectivity index (χ1n) is 4.14. The monoisotopic (exact) mass is 200 g/mol. The number of halogens is 1. The molecule has 0 bridgehead atoms. The molecule has 1 atom stereocenters. The summed E-state index contributed by atoms with van der Waals surface area (Å²) in [6.45, 7) is 1.99. The maximum atomic E-state index is 5.73. The molecule has 13 heavy (non-hydrogen) atoms. The molecule has 0 aromatic heterocycles. The summed E-state index contributed by atoms with van der Waals surface area (Å²) in [5, 5.41) is 0. The summed E-state index contributed by atoms with van der Waals surface area (Å²) in [6, 6.07) is 8.43. The first-order chi connectivity index (χ1) is 5.61. The molecular formula is C10H17ClN2. The number of benzene rings is 1. The van der Waals surface area contributed by atoms with Crippen LogP contribution >= 0.6 is 12.4 Å². The summed E-state index contributed by atoms with van der Waals surface area (Å²) in [5.41, 5.74) is 8.12. The Hall–Kier alpha value is -0.730. The zero-order valence-corrected chi connectivity index (χ0v) is 9.14. The van der Waals surface area contributed by atoms with Crippen LogP contribution in [0.1, 0.15) is 18.5 Å². The van der Waals surface area contributed by atoms with Gasteiger partial charge in [-0.2, -0.15) is 0 Å². The molecule has 1 aromatic rings. The Kier molecular flexibility index (Phi) is 4.81. The van der Waals surface area contributed by atoms with E-state index in [0.29, 0.717) is 0 Å². The van der Waals surface area contributed by atoms with E-state index in [1.807, 2.05) is 21.0 Å². The highest BCUT2D eigenvalue weighted by molar-refractivity contribution is 5.85. The molecule has 0 radical (unpaired) electrons. The summed E-state index contributed by atoms with van der Waals surface area (Å²) < 4.78 is 0. The van der Waals surface area contributed by atoms with Crippen LogP contribution in [0.2, 0.25) is 0 Å². The summed E-state index contributed by atoms with van der Waals surface area (Å²) in [6.07, 6.45) is 0. The van der Waals surface area contributed by atoms with Crippen molar-refractivity contribution in [3.05, 3.63) is 29.8 Å². The van der Waals surface area contributed by atoms with Crippen molar-refractivity contribution in [2.45, 2.75) is 13.0 Å². The van der Waals surface area contributed by atoms with Gasteiger partial charge < -0.3 is 10.6 Å². The van der Waals surface area contributed by atoms with E-state index in [-0.39, 0.29) is 18.4 Å². The standard InChI is InChI=1S/C10H16N2.ClH/c1-8(11)9-4-6-10(7-5-9)12(2)3;/h4-8H,11H2,1-3H3;1H/t8-;/m0./s1. The predicted molar refractivity (Wildman–Crippen MR) is 60.6 cm³/mol. The molecule has 2 N–H and O–H groups in total. The van der Waals surface area contributed by atoms with E-state index >= 15 is 0 Å². The van der Waals surface area contributed by atoms with Gasteiger partial charge in [0.25, 0.3) is 0 Å². The third-order valence-corrected chi connectivity index (χ3v) is 1.94. The number of anilines is 1. The van der Waals surface area contributed by atoms with Gasteiger partial charge in [0.05, 0.1) is 0 Å². The Balaban J connectivity index is 0.00000144. The van der Waals surface area contributed by atoms with Crippen LogP contribution in [0, 0.1) is 0 Å². The van der Waals surface area contributed by atoms with Gasteiger partial charge in [-0.25, -0.2) is 0 Å². The van der Waals surface area contributed by atoms with Crippen molar-refractivity contribution in [2.75, 3.05) is 19.0 Å². The first-order valence-corrected chi connectivity index (χ1v) is 4.14. The fourth-order valence-corrected chi connectivity index (χ4v) is 1.08. The molecule has 0 aliphatic heterocycles. The van der Waals surface area contributed by atoms with Crippen LogP contribution in [0.15, 0.2) is 24.3 Å². The molecule has 0 aliphatic rings. The van der Waals surface area contributed by atoms with Gasteiger partial charge in [0.1, 0.15) is 0 Å². The van der Waals surface area contributed by atoms with Crippen molar-refractivity contribution < 1.29 is 0 Å². The third kappa shape index (κ3) is 3.25. The summed E-state index contributed by atoms with van der Waals surface area (Å²) in [7, 11) is 4.06. The molecule has 74 valence electrons. The normalized spacial score (nSPS) is 11.7. The van der Waals surface area contributed by atoms with Gasteiger partial charge in [-0.05, 0) is 24.6 Å². The number of rotatable bonds is 2. The number of hydrogen-bond acceptors (Lipinski definition) is 2. The number of nitrogens with two attached hydrogens (primary N) is 1. The molecule has 1 rings (SSSR count). The average Bonchev–Trinajstić information content (AvgIpc) is 2.04. The van der Waals surface area contributed by atoms with Gasteiger partial charge in [0.2, 0.25) is 0 Å². The molecule has 2 nitrogen and oxygen atoms in total. The molecule has 0 saturated carbocycles. The van der Waals surface area contributed by atoms with E-state index in [1.54, 1.807) is 0 Å². The molecular weight excluding hydrogens is 184 g/mol. The van der Waals surface area contributed by atoms with Crippen LogP contribution in [-0.2, 0) is 0 Å². The maximum Gasteiger partial charge on any atom is 0.0361 e. The topological polar surface area (TPSA) is 29.3 Å². The third-order valence-electron chi connectivity index (χ3n) is 1.94. The lowest BCUT2D eigenvalue weighted by molar-refractivity contribution is 0.818. The lowest BCUT2D eigenvalue weighted by atomic mass is 10.1. The van der Waals surface area contributed by atoms with Crippen molar-refractivity contribution in [3.63, 3.8) is 0 Å². The van der Waals surface area contributed by atoms with Crippen molar-refractivity contribution in [1.29, 1.82) is 0 Å². The highest BCUT2D eigenvalue weighted by atomic mass is 35.5. The van der Waals surface area contributed by atoms with Crippen molar-refractivity contribution in [2.24, 2.45) is 5.73 Å². The predicted octanol–water partition coefficient (Wildman–Crippen LogP) is 2.19. The van der Waals surface area contributed by atoms with Crippen molar-refractivity contribution in [1.82, 2.24) is 0 Å². The Morgan fingerprint density at radius 2 is 1.62 bits per heavy atom. The SMILES string of the molecule is C[C@H](N)c1ccc(N(C)C)cc1.Cl. The number of hydrogen-bond donors (Lipinski definition) is 1. The molecule has 1 aromatic carbocycles. The van der Waals surface area contributed by atoms with Crippen LogP contribution in [0.3, 0.4) is 0 Å². The highest BCUT2D eigenvalue weighted by Gasteiger charge is 1.99. The van der Waals surface area contributed by atoms with Crippen LogP contribution in [0.4, 0.5) is 5.69 Å². The van der Waals surface area contributed by atoms with Gasteiger partial charge in [-0.15, -0.1) is 12.4 Å². The average molecular weight is 201 g/mol. The molecule has 0 saturated heterocycles. The van der Waals surface area contributed by atoms with Crippen LogP contribution in [0.25, 0.3) is 0 Å². The second kappa shape index (κ2) is 5.10. The van der Waals surface area contributed by atoms with Gasteiger partial charge >= 0.3 is 0 Å². The Bertz CT molecular complexity index is 215. The molecule has 3 heteroatoms. The van der Waals surface area contributed by atoms with E-state index in [9.17, 15) is 0 Å². The van der Waals surface area contributed by atoms with E-state index in [0.717, 1.165) is 0 Å². The Morgan fingerprint density at radius 3 is 1.92 bits per heavy atom. The zero-order chi connectivity index (χ0) is 9.14. The molecule has 0 unspecified atom stereocenters. The zero-order valence-electron chi connectivity index (χ0n) is 8.32. The molecule has 0 heterocycles. The van der Waals surface area contributed by atoms with Crippen molar-refractivity contribution >= 4 is 18.1 Å². The second-order valence-corrected chi connectivity index (χ2v) is 3.27. The highest BCUT2D eigenvalue weighted by Crippen LogP contribution is 2.15. The van der Waals surface area contributed by atoms with Crippen molar-refractivity contribution in [3.8, 4) is 0 Å². The van der Waals surface area contributed by atoms with Gasteiger partial charge in [-0.1, -0.05) is 12.1 Å². The lowest BCUT2D eigenvalue weighted by Gasteiger charge is -2.13. The smallest absolute Gasteiger partial charge is 0.0361 e. The fraction of sp³-hybridized carbons (Fsp3) is 0.400. The fourth-order valence-electron chi connectivity index (χ4n) is 1.08. The largest absolute Gasteiger partial charge is 0.378 e. The van der Waals surface area contributed by atoms with E-state index < -0.39 is 0 Å². The van der Waals surface area contributed by atoms with Gasteiger partial charge in [0, 0.05) is 25.8 Å². The molecule has 0 amide bonds.